The van der Waals surface area contributed by atoms with E-state index in [2.05, 4.69) is 6.58 Å². The number of carbonyl (C=O) groups is 2. The molecule has 1 aromatic carbocycles. The Morgan fingerprint density at radius 1 is 1.21 bits per heavy atom. The van der Waals surface area contributed by atoms with Gasteiger partial charge in [0.1, 0.15) is 11.4 Å². The molecule has 180 valence electrons. The summed E-state index contributed by atoms with van der Waals surface area (Å²) >= 11 is 0. The summed E-state index contributed by atoms with van der Waals surface area (Å²) in [5, 5.41) is 0.773. The molecule has 1 unspecified atom stereocenters. The molecule has 0 amide bonds. The van der Waals surface area contributed by atoms with E-state index in [0.29, 0.717) is 36.6 Å². The van der Waals surface area contributed by atoms with Gasteiger partial charge in [-0.05, 0) is 64.2 Å². The fraction of sp³-hybridized carbons (Fsp3) is 0.520. The summed E-state index contributed by atoms with van der Waals surface area (Å²) in [5.74, 6) is -0.0641. The van der Waals surface area contributed by atoms with Crippen molar-refractivity contribution in [1.29, 1.82) is 0 Å². The Bertz CT molecular complexity index is 1030. The van der Waals surface area contributed by atoms with Gasteiger partial charge >= 0.3 is 12.1 Å². The summed E-state index contributed by atoms with van der Waals surface area (Å²) in [4.78, 5) is 25.8. The summed E-state index contributed by atoms with van der Waals surface area (Å²) in [5.41, 5.74) is 0.949. The molecule has 2 heterocycles. The molecule has 0 bridgehead atoms. The highest BCUT2D eigenvalue weighted by atomic mass is 16.7. The molecule has 1 aromatic heterocycles. The van der Waals surface area contributed by atoms with Crippen LogP contribution in [0.3, 0.4) is 0 Å². The fourth-order valence-corrected chi connectivity index (χ4v) is 3.88. The van der Waals surface area contributed by atoms with Crippen LogP contribution in [0.5, 0.6) is 5.75 Å². The van der Waals surface area contributed by atoms with Gasteiger partial charge in [0.25, 0.3) is 0 Å². The van der Waals surface area contributed by atoms with Gasteiger partial charge in [0.2, 0.25) is 0 Å². The normalized spacial score (nSPS) is 16.5. The van der Waals surface area contributed by atoms with Crippen LogP contribution in [0.1, 0.15) is 51.3 Å². The van der Waals surface area contributed by atoms with E-state index in [4.69, 9.17) is 23.7 Å². The molecule has 0 N–H and O–H groups in total. The first-order chi connectivity index (χ1) is 15.7. The molecule has 0 aliphatic carbocycles. The molecule has 0 spiro atoms. The SMILES string of the molecule is C=C(C(=O)OC)c1c(CCOC2CCCCO2)c2ccc(OC)cc2n1C(=O)OC(C)(C)C. The number of hydrogen-bond acceptors (Lipinski definition) is 7. The second kappa shape index (κ2) is 10.4. The number of benzene rings is 1. The van der Waals surface area contributed by atoms with Gasteiger partial charge in [-0.3, -0.25) is 0 Å². The van der Waals surface area contributed by atoms with Gasteiger partial charge in [0, 0.05) is 18.1 Å². The molecule has 3 rings (SSSR count). The number of esters is 1. The zero-order valence-electron chi connectivity index (χ0n) is 20.1. The first kappa shape index (κ1) is 24.8. The van der Waals surface area contributed by atoms with Crippen LogP contribution in [0.15, 0.2) is 24.8 Å². The van der Waals surface area contributed by atoms with E-state index in [0.717, 1.165) is 30.2 Å². The zero-order chi connectivity index (χ0) is 24.2. The van der Waals surface area contributed by atoms with Crippen molar-refractivity contribution in [2.45, 2.75) is 58.3 Å². The number of carbonyl (C=O) groups excluding carboxylic acids is 2. The van der Waals surface area contributed by atoms with Crippen molar-refractivity contribution in [3.63, 3.8) is 0 Å². The number of nitrogens with zero attached hydrogens (tertiary/aromatic N) is 1. The third kappa shape index (κ3) is 5.75. The van der Waals surface area contributed by atoms with Gasteiger partial charge < -0.3 is 23.7 Å². The number of ether oxygens (including phenoxy) is 5. The van der Waals surface area contributed by atoms with Gasteiger partial charge in [-0.15, -0.1) is 0 Å². The van der Waals surface area contributed by atoms with Crippen LogP contribution in [0.2, 0.25) is 0 Å². The van der Waals surface area contributed by atoms with E-state index < -0.39 is 17.7 Å². The zero-order valence-corrected chi connectivity index (χ0v) is 20.1. The van der Waals surface area contributed by atoms with Gasteiger partial charge in [-0.2, -0.15) is 0 Å². The van der Waals surface area contributed by atoms with Crippen molar-refractivity contribution < 1.29 is 33.3 Å². The molecule has 8 heteroatoms. The minimum Gasteiger partial charge on any atom is -0.497 e. The molecule has 1 aliphatic rings. The number of rotatable bonds is 7. The van der Waals surface area contributed by atoms with Crippen molar-refractivity contribution in [3.8, 4) is 5.75 Å². The van der Waals surface area contributed by atoms with E-state index >= 15 is 0 Å². The lowest BCUT2D eigenvalue weighted by atomic mass is 10.0. The second-order valence-corrected chi connectivity index (χ2v) is 8.91. The maximum atomic E-state index is 13.3. The Labute approximate surface area is 194 Å². The summed E-state index contributed by atoms with van der Waals surface area (Å²) in [6.07, 6.45) is 2.51. The smallest absolute Gasteiger partial charge is 0.419 e. The molecule has 0 radical (unpaired) electrons. The minimum atomic E-state index is -0.738. The van der Waals surface area contributed by atoms with Crippen molar-refractivity contribution in [2.75, 3.05) is 27.4 Å². The molecular formula is C25H33NO7. The van der Waals surface area contributed by atoms with Crippen LogP contribution < -0.4 is 4.74 Å². The highest BCUT2D eigenvalue weighted by Crippen LogP contribution is 2.34. The topological polar surface area (TPSA) is 85.2 Å². The van der Waals surface area contributed by atoms with Crippen LogP contribution in [-0.4, -0.2) is 56.0 Å². The maximum absolute atomic E-state index is 13.3. The van der Waals surface area contributed by atoms with E-state index in [1.54, 1.807) is 40.0 Å². The number of aromatic nitrogens is 1. The van der Waals surface area contributed by atoms with Gasteiger partial charge in [0.05, 0.1) is 37.6 Å². The lowest BCUT2D eigenvalue weighted by Crippen LogP contribution is -2.28. The van der Waals surface area contributed by atoms with E-state index in [-0.39, 0.29) is 11.9 Å². The Morgan fingerprint density at radius 2 is 1.97 bits per heavy atom. The van der Waals surface area contributed by atoms with E-state index in [1.165, 1.54) is 11.7 Å². The summed E-state index contributed by atoms with van der Waals surface area (Å²) in [7, 11) is 2.83. The maximum Gasteiger partial charge on any atom is 0.419 e. The first-order valence-electron chi connectivity index (χ1n) is 11.1. The van der Waals surface area contributed by atoms with Crippen LogP contribution in [0.25, 0.3) is 16.5 Å². The Balaban J connectivity index is 2.10. The molecule has 8 nitrogen and oxygen atoms in total. The average Bonchev–Trinajstić information content (AvgIpc) is 3.11. The van der Waals surface area contributed by atoms with Gasteiger partial charge in [-0.25, -0.2) is 14.2 Å². The molecule has 2 aromatic rings. The molecule has 1 atom stereocenters. The summed E-state index contributed by atoms with van der Waals surface area (Å²) in [6, 6.07) is 5.40. The quantitative estimate of drug-likeness (QED) is 0.438. The lowest BCUT2D eigenvalue weighted by molar-refractivity contribution is -0.161. The number of fused-ring (bicyclic) bond motifs is 1. The van der Waals surface area contributed by atoms with Crippen LogP contribution >= 0.6 is 0 Å². The first-order valence-corrected chi connectivity index (χ1v) is 11.1. The number of hydrogen-bond donors (Lipinski definition) is 0. The third-order valence-corrected chi connectivity index (χ3v) is 5.37. The summed E-state index contributed by atoms with van der Waals surface area (Å²) < 4.78 is 28.9. The van der Waals surface area contributed by atoms with Crippen molar-refractivity contribution >= 4 is 28.5 Å². The van der Waals surface area contributed by atoms with Crippen LogP contribution in [0, 0.1) is 0 Å². The van der Waals surface area contributed by atoms with E-state index in [1.807, 2.05) is 6.07 Å². The molecule has 0 saturated carbocycles. The van der Waals surface area contributed by atoms with Crippen LogP contribution in [0.4, 0.5) is 4.79 Å². The minimum absolute atomic E-state index is 0.0578. The van der Waals surface area contributed by atoms with Gasteiger partial charge in [-0.1, -0.05) is 6.58 Å². The number of methoxy groups -OCH3 is 2. The Hall–Kier alpha value is -2.84. The van der Waals surface area contributed by atoms with Crippen molar-refractivity contribution in [3.05, 3.63) is 36.0 Å². The molecule has 33 heavy (non-hydrogen) atoms. The highest BCUT2D eigenvalue weighted by Gasteiger charge is 2.29. The predicted octanol–water partition coefficient (Wildman–Crippen LogP) is 4.71. The second-order valence-electron chi connectivity index (χ2n) is 8.91. The van der Waals surface area contributed by atoms with Crippen molar-refractivity contribution in [2.24, 2.45) is 0 Å². The highest BCUT2D eigenvalue weighted by molar-refractivity contribution is 6.18. The van der Waals surface area contributed by atoms with Crippen LogP contribution in [-0.2, 0) is 30.2 Å². The largest absolute Gasteiger partial charge is 0.497 e. The molecule has 1 saturated heterocycles. The Kier molecular flexibility index (Phi) is 7.81. The summed E-state index contributed by atoms with van der Waals surface area (Å²) in [6.45, 7) is 10.3. The molecular weight excluding hydrogens is 426 g/mol. The lowest BCUT2D eigenvalue weighted by Gasteiger charge is -2.23. The molecule has 1 aliphatic heterocycles. The van der Waals surface area contributed by atoms with Gasteiger partial charge in [0.15, 0.2) is 6.29 Å². The average molecular weight is 460 g/mol. The Morgan fingerprint density at radius 3 is 2.58 bits per heavy atom. The molecule has 1 fully saturated rings. The fourth-order valence-electron chi connectivity index (χ4n) is 3.88. The third-order valence-electron chi connectivity index (χ3n) is 5.37. The van der Waals surface area contributed by atoms with Crippen molar-refractivity contribution in [1.82, 2.24) is 4.57 Å². The standard InChI is InChI=1S/C25H33NO7/c1-16(23(27)30-6)22-19(12-14-32-21-9-7-8-13-31-21)18-11-10-17(29-5)15-20(18)26(22)24(28)33-25(2,3)4/h10-11,15,21H,1,7-9,12-14H2,2-6H3. The van der Waals surface area contributed by atoms with E-state index in [9.17, 15) is 9.59 Å². The predicted molar refractivity (Wildman–Crippen MR) is 124 cm³/mol. The monoisotopic (exact) mass is 459 g/mol.